The molecule has 4 rings (SSSR count). The molecule has 0 spiro atoms. The monoisotopic (exact) mass is 437 g/mol. The Morgan fingerprint density at radius 3 is 2.57 bits per heavy atom. The third-order valence-electron chi connectivity index (χ3n) is 4.54. The number of hydrogen-bond donors (Lipinski definition) is 3. The van der Waals surface area contributed by atoms with Gasteiger partial charge >= 0.3 is 5.69 Å². The lowest BCUT2D eigenvalue weighted by molar-refractivity contribution is 0.303. The van der Waals surface area contributed by atoms with Crippen molar-refractivity contribution in [2.24, 2.45) is 0 Å². The van der Waals surface area contributed by atoms with E-state index in [-0.39, 0.29) is 5.69 Å². The first kappa shape index (κ1) is 18.4. The lowest BCUT2D eigenvalue weighted by Gasteiger charge is -2.14. The van der Waals surface area contributed by atoms with Crippen LogP contribution in [-0.4, -0.2) is 9.97 Å². The highest BCUT2D eigenvalue weighted by Crippen LogP contribution is 2.26. The summed E-state index contributed by atoms with van der Waals surface area (Å²) < 4.78 is 7.06. The van der Waals surface area contributed by atoms with Crippen molar-refractivity contribution in [3.8, 4) is 5.75 Å². The van der Waals surface area contributed by atoms with Gasteiger partial charge in [0, 0.05) is 22.3 Å². The van der Waals surface area contributed by atoms with Crippen molar-refractivity contribution < 1.29 is 4.74 Å². The second-order valence-corrected chi connectivity index (χ2v) is 7.64. The number of H-pyrrole nitrogens is 2. The van der Waals surface area contributed by atoms with E-state index in [4.69, 9.17) is 4.74 Å². The number of halogens is 1. The van der Waals surface area contributed by atoms with Crippen molar-refractivity contribution in [1.29, 1.82) is 0 Å². The summed E-state index contributed by atoms with van der Waals surface area (Å²) in [5.41, 5.74) is 5.70. The van der Waals surface area contributed by atoms with Crippen LogP contribution in [0.1, 0.15) is 16.7 Å². The van der Waals surface area contributed by atoms with Gasteiger partial charge in [-0.1, -0.05) is 45.8 Å². The molecular weight excluding hydrogens is 418 g/mol. The molecule has 0 aliphatic carbocycles. The Kier molecular flexibility index (Phi) is 5.21. The summed E-state index contributed by atoms with van der Waals surface area (Å²) in [4.78, 5) is 16.9. The highest BCUT2D eigenvalue weighted by Gasteiger charge is 2.07. The minimum Gasteiger partial charge on any atom is -0.489 e. The van der Waals surface area contributed by atoms with Crippen molar-refractivity contribution in [3.63, 3.8) is 0 Å². The first-order chi connectivity index (χ1) is 13.6. The molecule has 5 nitrogen and oxygen atoms in total. The van der Waals surface area contributed by atoms with Crippen LogP contribution < -0.4 is 15.7 Å². The van der Waals surface area contributed by atoms with Crippen LogP contribution in [0.15, 0.2) is 69.9 Å². The molecule has 0 saturated heterocycles. The maximum Gasteiger partial charge on any atom is 0.323 e. The zero-order valence-corrected chi connectivity index (χ0v) is 17.0. The van der Waals surface area contributed by atoms with E-state index < -0.39 is 0 Å². The zero-order chi connectivity index (χ0) is 19.5. The standard InChI is InChI=1S/C22H20BrN3O2/c1-14-2-4-15(5-3-14)13-28-21-9-6-17(23)10-16(21)12-24-18-7-8-19-20(11-18)26-22(27)25-19/h2-11,24H,12-13H2,1H3,(H2,25,26,27). The summed E-state index contributed by atoms with van der Waals surface area (Å²) in [5.74, 6) is 0.840. The maximum absolute atomic E-state index is 11.4. The molecule has 1 aromatic heterocycles. The van der Waals surface area contributed by atoms with Crippen LogP contribution >= 0.6 is 15.9 Å². The largest absolute Gasteiger partial charge is 0.489 e. The molecule has 0 unspecified atom stereocenters. The Hall–Kier alpha value is -2.99. The molecule has 0 radical (unpaired) electrons. The summed E-state index contributed by atoms with van der Waals surface area (Å²) in [6.07, 6.45) is 0. The van der Waals surface area contributed by atoms with Crippen molar-refractivity contribution in [2.45, 2.75) is 20.1 Å². The lowest BCUT2D eigenvalue weighted by atomic mass is 10.1. The van der Waals surface area contributed by atoms with Crippen LogP contribution in [0.3, 0.4) is 0 Å². The van der Waals surface area contributed by atoms with Crippen LogP contribution in [0.5, 0.6) is 5.75 Å². The average Bonchev–Trinajstić information content (AvgIpc) is 3.06. The van der Waals surface area contributed by atoms with Gasteiger partial charge in [0.2, 0.25) is 0 Å². The van der Waals surface area contributed by atoms with E-state index >= 15 is 0 Å². The maximum atomic E-state index is 11.4. The van der Waals surface area contributed by atoms with Crippen LogP contribution in [-0.2, 0) is 13.2 Å². The third-order valence-corrected chi connectivity index (χ3v) is 5.03. The summed E-state index contributed by atoms with van der Waals surface area (Å²) in [5, 5.41) is 3.40. The lowest BCUT2D eigenvalue weighted by Crippen LogP contribution is -2.04. The van der Waals surface area contributed by atoms with Crippen molar-refractivity contribution >= 4 is 32.7 Å². The molecule has 0 atom stereocenters. The van der Waals surface area contributed by atoms with Crippen molar-refractivity contribution in [1.82, 2.24) is 9.97 Å². The van der Waals surface area contributed by atoms with Crippen LogP contribution in [0.25, 0.3) is 11.0 Å². The van der Waals surface area contributed by atoms with Crippen molar-refractivity contribution in [3.05, 3.63) is 92.3 Å². The van der Waals surface area contributed by atoms with Gasteiger partial charge in [-0.25, -0.2) is 4.79 Å². The minimum atomic E-state index is -0.203. The van der Waals surface area contributed by atoms with Gasteiger partial charge in [-0.15, -0.1) is 0 Å². The van der Waals surface area contributed by atoms with E-state index in [1.54, 1.807) is 0 Å². The average molecular weight is 438 g/mol. The molecule has 4 aromatic rings. The van der Waals surface area contributed by atoms with Gasteiger partial charge in [-0.2, -0.15) is 0 Å². The number of aromatic nitrogens is 2. The number of anilines is 1. The summed E-state index contributed by atoms with van der Waals surface area (Å²) in [6.45, 7) is 3.19. The fraction of sp³-hybridized carbons (Fsp3) is 0.136. The third kappa shape index (κ3) is 4.28. The number of aromatic amines is 2. The van der Waals surface area contributed by atoms with E-state index in [0.717, 1.165) is 38.1 Å². The van der Waals surface area contributed by atoms with Crippen LogP contribution in [0.2, 0.25) is 0 Å². The second-order valence-electron chi connectivity index (χ2n) is 6.72. The first-order valence-corrected chi connectivity index (χ1v) is 9.79. The number of ether oxygens (including phenoxy) is 1. The molecule has 0 aliphatic rings. The van der Waals surface area contributed by atoms with Gasteiger partial charge in [-0.05, 0) is 48.9 Å². The van der Waals surface area contributed by atoms with Gasteiger partial charge < -0.3 is 20.0 Å². The second kappa shape index (κ2) is 7.94. The smallest absolute Gasteiger partial charge is 0.323 e. The summed E-state index contributed by atoms with van der Waals surface area (Å²) in [6, 6.07) is 20.1. The summed E-state index contributed by atoms with van der Waals surface area (Å²) >= 11 is 3.53. The Labute approximate surface area is 170 Å². The van der Waals surface area contributed by atoms with E-state index in [2.05, 4.69) is 62.4 Å². The summed E-state index contributed by atoms with van der Waals surface area (Å²) in [7, 11) is 0. The molecule has 142 valence electrons. The molecule has 1 heterocycles. The Balaban J connectivity index is 1.48. The van der Waals surface area contributed by atoms with Crippen molar-refractivity contribution in [2.75, 3.05) is 5.32 Å². The number of aryl methyl sites for hydroxylation is 1. The fourth-order valence-corrected chi connectivity index (χ4v) is 3.42. The van der Waals surface area contributed by atoms with Gasteiger partial charge in [0.15, 0.2) is 0 Å². The van der Waals surface area contributed by atoms with Gasteiger partial charge in [0.05, 0.1) is 11.0 Å². The Morgan fingerprint density at radius 1 is 0.964 bits per heavy atom. The fourth-order valence-electron chi connectivity index (χ4n) is 3.01. The Morgan fingerprint density at radius 2 is 1.75 bits per heavy atom. The normalized spacial score (nSPS) is 10.9. The number of imidazole rings is 1. The minimum absolute atomic E-state index is 0.203. The SMILES string of the molecule is Cc1ccc(COc2ccc(Br)cc2CNc2ccc3[nH]c(=O)[nH]c3c2)cc1. The molecule has 6 heteroatoms. The Bertz CT molecular complexity index is 1160. The van der Waals surface area contributed by atoms with E-state index in [1.165, 1.54) is 5.56 Å². The first-order valence-electron chi connectivity index (χ1n) is 8.99. The molecule has 0 amide bonds. The van der Waals surface area contributed by atoms with E-state index in [0.29, 0.717) is 13.2 Å². The van der Waals surface area contributed by atoms with E-state index in [9.17, 15) is 4.79 Å². The molecule has 0 fully saturated rings. The van der Waals surface area contributed by atoms with Gasteiger partial charge in [-0.3, -0.25) is 0 Å². The zero-order valence-electron chi connectivity index (χ0n) is 15.4. The molecule has 0 bridgehead atoms. The van der Waals surface area contributed by atoms with Gasteiger partial charge in [0.1, 0.15) is 12.4 Å². The molecule has 0 aliphatic heterocycles. The highest BCUT2D eigenvalue weighted by atomic mass is 79.9. The molecule has 0 saturated carbocycles. The topological polar surface area (TPSA) is 69.9 Å². The van der Waals surface area contributed by atoms with Crippen LogP contribution in [0, 0.1) is 6.92 Å². The van der Waals surface area contributed by atoms with Crippen LogP contribution in [0.4, 0.5) is 5.69 Å². The number of hydrogen-bond acceptors (Lipinski definition) is 3. The highest BCUT2D eigenvalue weighted by molar-refractivity contribution is 9.10. The number of nitrogens with one attached hydrogen (secondary N) is 3. The molecular formula is C22H20BrN3O2. The van der Waals surface area contributed by atoms with E-state index in [1.807, 2.05) is 36.4 Å². The predicted molar refractivity (Wildman–Crippen MR) is 116 cm³/mol. The predicted octanol–water partition coefficient (Wildman–Crippen LogP) is 5.12. The van der Waals surface area contributed by atoms with Gasteiger partial charge in [0.25, 0.3) is 0 Å². The number of fused-ring (bicyclic) bond motifs is 1. The quantitative estimate of drug-likeness (QED) is 0.392. The number of rotatable bonds is 6. The molecule has 3 N–H and O–H groups in total. The molecule has 28 heavy (non-hydrogen) atoms. The molecule has 3 aromatic carbocycles. The number of benzene rings is 3.